The number of carbonyl (C=O) groups is 2. The van der Waals surface area contributed by atoms with Crippen LogP contribution in [0.5, 0.6) is 5.75 Å². The lowest BCUT2D eigenvalue weighted by atomic mass is 9.86. The fourth-order valence-electron chi connectivity index (χ4n) is 5.36. The molecule has 1 heterocycles. The van der Waals surface area contributed by atoms with Crippen molar-refractivity contribution in [1.29, 1.82) is 0 Å². The highest BCUT2D eigenvalue weighted by Crippen LogP contribution is 2.39. The number of alkyl carbamates (subject to hydrolysis) is 1. The molecule has 3 aromatic carbocycles. The van der Waals surface area contributed by atoms with E-state index in [1.54, 1.807) is 53.0 Å². The van der Waals surface area contributed by atoms with Crippen LogP contribution in [0.4, 0.5) is 14.9 Å². The summed E-state index contributed by atoms with van der Waals surface area (Å²) in [5, 5.41) is 10.1. The molecule has 9 heteroatoms. The van der Waals surface area contributed by atoms with Crippen molar-refractivity contribution in [2.45, 2.75) is 71.4 Å². The minimum absolute atomic E-state index is 0.0533. The normalized spacial score (nSPS) is 13.6. The molecule has 4 aromatic rings. The quantitative estimate of drug-likeness (QED) is 0.179. The molecule has 8 nitrogen and oxygen atoms in total. The maximum atomic E-state index is 15.2. The lowest BCUT2D eigenvalue weighted by Crippen LogP contribution is -2.32. The number of amides is 2. The van der Waals surface area contributed by atoms with Crippen LogP contribution in [0.15, 0.2) is 72.8 Å². The van der Waals surface area contributed by atoms with Gasteiger partial charge in [0, 0.05) is 12.5 Å². The van der Waals surface area contributed by atoms with Crippen LogP contribution in [0.2, 0.25) is 0 Å². The second kappa shape index (κ2) is 13.5. The average molecular weight is 613 g/mol. The third-order valence-corrected chi connectivity index (χ3v) is 7.77. The lowest BCUT2D eigenvalue weighted by Gasteiger charge is -2.20. The number of carbonyl (C=O) groups excluding carboxylic acids is 2. The number of aryl methyl sites for hydroxylation is 1. The highest BCUT2D eigenvalue weighted by Gasteiger charge is 2.25. The van der Waals surface area contributed by atoms with Gasteiger partial charge >= 0.3 is 6.09 Å². The number of hydrogen-bond donors (Lipinski definition) is 2. The zero-order chi connectivity index (χ0) is 32.1. The molecule has 1 saturated carbocycles. The van der Waals surface area contributed by atoms with Gasteiger partial charge in [0.2, 0.25) is 0 Å². The number of aromatic nitrogens is 2. The fraction of sp³-hybridized carbons (Fsp3) is 0.361. The topological polar surface area (TPSA) is 94.5 Å². The number of ether oxygens (including phenoxy) is 2. The summed E-state index contributed by atoms with van der Waals surface area (Å²) in [6, 6.07) is 22.0. The van der Waals surface area contributed by atoms with Gasteiger partial charge in [-0.05, 0) is 106 Å². The maximum absolute atomic E-state index is 15.2. The highest BCUT2D eigenvalue weighted by atomic mass is 19.1. The third-order valence-electron chi connectivity index (χ3n) is 7.77. The van der Waals surface area contributed by atoms with Crippen LogP contribution in [0.25, 0.3) is 5.69 Å². The molecule has 0 saturated heterocycles. The SMILES string of the molecule is COc1ccc(C(CCC2CC2)c2ccc(F)c(NC(=O)c3cc(C)nn3-c3cccc(CNC(=O)OC(C)(C)C)c3)c2)cc1. The van der Waals surface area contributed by atoms with Crippen molar-refractivity contribution in [1.82, 2.24) is 15.1 Å². The molecule has 45 heavy (non-hydrogen) atoms. The Kier molecular flexibility index (Phi) is 9.56. The number of benzene rings is 3. The Labute approximate surface area is 263 Å². The summed E-state index contributed by atoms with van der Waals surface area (Å²) in [4.78, 5) is 25.8. The standard InChI is InChI=1S/C36H41FN4O4/c1-23-19-33(41(40-23)28-8-6-7-25(20-28)22-38-35(43)45-36(2,3)4)34(42)39-32-21-27(14-18-31(32)37)30(17-11-24-9-10-24)26-12-15-29(44-5)16-13-26/h6-8,12-16,18-21,24,30H,9-11,17,22H2,1-5H3,(H,38,43)(H,39,42). The van der Waals surface area contributed by atoms with E-state index in [1.165, 1.54) is 23.6 Å². The van der Waals surface area contributed by atoms with Crippen molar-refractivity contribution in [2.24, 2.45) is 5.92 Å². The van der Waals surface area contributed by atoms with E-state index >= 15 is 4.39 Å². The van der Waals surface area contributed by atoms with Crippen molar-refractivity contribution in [3.05, 3.63) is 107 Å². The molecule has 0 bridgehead atoms. The zero-order valence-corrected chi connectivity index (χ0v) is 26.5. The zero-order valence-electron chi connectivity index (χ0n) is 26.5. The largest absolute Gasteiger partial charge is 0.497 e. The predicted molar refractivity (Wildman–Crippen MR) is 173 cm³/mol. The lowest BCUT2D eigenvalue weighted by molar-refractivity contribution is 0.0523. The molecule has 1 fully saturated rings. The summed E-state index contributed by atoms with van der Waals surface area (Å²) < 4.78 is 27.4. The van der Waals surface area contributed by atoms with Gasteiger partial charge in [0.15, 0.2) is 0 Å². The Morgan fingerprint density at radius 2 is 1.76 bits per heavy atom. The number of nitrogens with zero attached hydrogens (tertiary/aromatic N) is 2. The molecule has 1 atom stereocenters. The summed E-state index contributed by atoms with van der Waals surface area (Å²) in [7, 11) is 1.64. The molecule has 5 rings (SSSR count). The van der Waals surface area contributed by atoms with E-state index in [9.17, 15) is 9.59 Å². The van der Waals surface area contributed by atoms with Crippen molar-refractivity contribution < 1.29 is 23.5 Å². The second-order valence-electron chi connectivity index (χ2n) is 12.6. The van der Waals surface area contributed by atoms with E-state index in [2.05, 4.69) is 27.9 Å². The minimum Gasteiger partial charge on any atom is -0.497 e. The number of rotatable bonds is 11. The Hall–Kier alpha value is -4.66. The van der Waals surface area contributed by atoms with Crippen LogP contribution in [-0.4, -0.2) is 34.5 Å². The molecular weight excluding hydrogens is 571 g/mol. The van der Waals surface area contributed by atoms with E-state index in [0.717, 1.165) is 41.2 Å². The molecular formula is C36H41FN4O4. The summed E-state index contributed by atoms with van der Waals surface area (Å²) in [5.74, 6) is 0.588. The molecule has 0 radical (unpaired) electrons. The van der Waals surface area contributed by atoms with Crippen LogP contribution in [0.3, 0.4) is 0 Å². The first-order valence-electron chi connectivity index (χ1n) is 15.4. The summed E-state index contributed by atoms with van der Waals surface area (Å²) in [6.45, 7) is 7.43. The van der Waals surface area contributed by atoms with Crippen molar-refractivity contribution in [3.8, 4) is 11.4 Å². The molecule has 0 aliphatic heterocycles. The monoisotopic (exact) mass is 612 g/mol. The van der Waals surface area contributed by atoms with Gasteiger partial charge < -0.3 is 20.1 Å². The van der Waals surface area contributed by atoms with E-state index in [4.69, 9.17) is 9.47 Å². The molecule has 1 unspecified atom stereocenters. The fourth-order valence-corrected chi connectivity index (χ4v) is 5.36. The van der Waals surface area contributed by atoms with Gasteiger partial charge in [-0.15, -0.1) is 0 Å². The van der Waals surface area contributed by atoms with E-state index < -0.39 is 23.4 Å². The van der Waals surface area contributed by atoms with Gasteiger partial charge in [-0.3, -0.25) is 4.79 Å². The Morgan fingerprint density at radius 3 is 2.44 bits per heavy atom. The number of hydrogen-bond acceptors (Lipinski definition) is 5. The van der Waals surface area contributed by atoms with Gasteiger partial charge in [0.1, 0.15) is 22.9 Å². The van der Waals surface area contributed by atoms with Crippen molar-refractivity contribution >= 4 is 17.7 Å². The number of halogens is 1. The molecule has 236 valence electrons. The summed E-state index contributed by atoms with van der Waals surface area (Å²) in [5.41, 5.74) is 3.89. The van der Waals surface area contributed by atoms with Crippen LogP contribution >= 0.6 is 0 Å². The molecule has 1 aliphatic rings. The van der Waals surface area contributed by atoms with E-state index in [0.29, 0.717) is 11.4 Å². The predicted octanol–water partition coefficient (Wildman–Crippen LogP) is 7.93. The summed E-state index contributed by atoms with van der Waals surface area (Å²) in [6.07, 6.45) is 4.03. The van der Waals surface area contributed by atoms with E-state index in [1.807, 2.05) is 36.4 Å². The molecule has 2 N–H and O–H groups in total. The van der Waals surface area contributed by atoms with Gasteiger partial charge in [0.25, 0.3) is 5.91 Å². The van der Waals surface area contributed by atoms with Crippen molar-refractivity contribution in [2.75, 3.05) is 12.4 Å². The molecule has 0 spiro atoms. The Morgan fingerprint density at radius 1 is 1.02 bits per heavy atom. The van der Waals surface area contributed by atoms with Gasteiger partial charge in [-0.2, -0.15) is 5.10 Å². The average Bonchev–Trinajstić information content (AvgIpc) is 3.75. The summed E-state index contributed by atoms with van der Waals surface area (Å²) >= 11 is 0. The molecule has 1 aliphatic carbocycles. The number of nitrogens with one attached hydrogen (secondary N) is 2. The van der Waals surface area contributed by atoms with Gasteiger partial charge in [-0.1, -0.05) is 43.2 Å². The number of anilines is 1. The van der Waals surface area contributed by atoms with Gasteiger partial charge in [-0.25, -0.2) is 13.9 Å². The van der Waals surface area contributed by atoms with Crippen LogP contribution < -0.4 is 15.4 Å². The third kappa shape index (κ3) is 8.50. The second-order valence-corrected chi connectivity index (χ2v) is 12.6. The van der Waals surface area contributed by atoms with Crippen LogP contribution in [0.1, 0.15) is 85.2 Å². The highest BCUT2D eigenvalue weighted by molar-refractivity contribution is 6.03. The Balaban J connectivity index is 1.36. The van der Waals surface area contributed by atoms with Crippen molar-refractivity contribution in [3.63, 3.8) is 0 Å². The molecule has 1 aromatic heterocycles. The maximum Gasteiger partial charge on any atom is 0.407 e. The molecule has 2 amide bonds. The van der Waals surface area contributed by atoms with Crippen LogP contribution in [-0.2, 0) is 11.3 Å². The first-order chi connectivity index (χ1) is 21.5. The van der Waals surface area contributed by atoms with E-state index in [-0.39, 0.29) is 23.8 Å². The smallest absolute Gasteiger partial charge is 0.407 e. The first kappa shape index (κ1) is 31.8. The number of methoxy groups -OCH3 is 1. The first-order valence-corrected chi connectivity index (χ1v) is 15.4. The minimum atomic E-state index is -0.604. The van der Waals surface area contributed by atoms with Crippen LogP contribution in [0, 0.1) is 18.7 Å². The van der Waals surface area contributed by atoms with Gasteiger partial charge in [0.05, 0.1) is 24.2 Å². The Bertz CT molecular complexity index is 1650.